The summed E-state index contributed by atoms with van der Waals surface area (Å²) in [6.45, 7) is 1.04. The fourth-order valence-electron chi connectivity index (χ4n) is 3.40. The second kappa shape index (κ2) is 3.75. The second-order valence-electron chi connectivity index (χ2n) is 5.30. The van der Waals surface area contributed by atoms with Gasteiger partial charge in [-0.2, -0.15) is 0 Å². The van der Waals surface area contributed by atoms with Gasteiger partial charge in [0.1, 0.15) is 6.61 Å². The molecule has 2 heteroatoms. The van der Waals surface area contributed by atoms with Gasteiger partial charge >= 0.3 is 0 Å². The van der Waals surface area contributed by atoms with Crippen molar-refractivity contribution in [3.63, 3.8) is 0 Å². The van der Waals surface area contributed by atoms with E-state index < -0.39 is 0 Å². The molecule has 4 aliphatic rings. The Labute approximate surface area is 90.7 Å². The molecule has 0 N–H and O–H groups in total. The van der Waals surface area contributed by atoms with Crippen LogP contribution in [0.3, 0.4) is 0 Å². The Morgan fingerprint density at radius 1 is 1.33 bits per heavy atom. The van der Waals surface area contributed by atoms with Crippen molar-refractivity contribution < 1.29 is 9.53 Å². The Balaban J connectivity index is 1.64. The smallest absolute Gasteiger partial charge is 0.163 e. The summed E-state index contributed by atoms with van der Waals surface area (Å²) >= 11 is 0. The van der Waals surface area contributed by atoms with E-state index >= 15 is 0 Å². The Morgan fingerprint density at radius 3 is 2.80 bits per heavy atom. The molecule has 0 amide bonds. The molecule has 1 saturated carbocycles. The minimum absolute atomic E-state index is 0.211. The van der Waals surface area contributed by atoms with E-state index in [0.717, 1.165) is 24.2 Å². The molecule has 15 heavy (non-hydrogen) atoms. The zero-order chi connectivity index (χ0) is 10.3. The molecule has 4 atom stereocenters. The molecule has 1 saturated heterocycles. The molecule has 0 aromatic heterocycles. The first-order valence-electron chi connectivity index (χ1n) is 6.11. The predicted molar refractivity (Wildman–Crippen MR) is 57.4 cm³/mol. The quantitative estimate of drug-likeness (QED) is 0.647. The molecule has 0 aromatic rings. The molecule has 3 aliphatic carbocycles. The molecular formula is C13H18O2. The summed E-state index contributed by atoms with van der Waals surface area (Å²) in [4.78, 5) is 11.5. The molecule has 0 spiro atoms. The lowest BCUT2D eigenvalue weighted by molar-refractivity contribution is -0.121. The lowest BCUT2D eigenvalue weighted by Crippen LogP contribution is -2.30. The SMILES string of the molecule is O=C1COCC1CC1CC2C=CC1CC2. The molecular weight excluding hydrogens is 188 g/mol. The van der Waals surface area contributed by atoms with Crippen LogP contribution < -0.4 is 0 Å². The van der Waals surface area contributed by atoms with Crippen LogP contribution in [0.5, 0.6) is 0 Å². The van der Waals surface area contributed by atoms with Gasteiger partial charge in [-0.1, -0.05) is 12.2 Å². The maximum Gasteiger partial charge on any atom is 0.163 e. The maximum atomic E-state index is 11.5. The lowest BCUT2D eigenvalue weighted by atomic mass is 9.66. The summed E-state index contributed by atoms with van der Waals surface area (Å²) in [7, 11) is 0. The van der Waals surface area contributed by atoms with Crippen LogP contribution in [-0.4, -0.2) is 19.0 Å². The largest absolute Gasteiger partial charge is 0.373 e. The monoisotopic (exact) mass is 206 g/mol. The fourth-order valence-corrected chi connectivity index (χ4v) is 3.40. The van der Waals surface area contributed by atoms with Gasteiger partial charge < -0.3 is 4.74 Å². The number of carbonyl (C=O) groups is 1. The number of fused-ring (bicyclic) bond motifs is 2. The van der Waals surface area contributed by atoms with Gasteiger partial charge in [-0.3, -0.25) is 4.79 Å². The van der Waals surface area contributed by atoms with Crippen LogP contribution in [0.25, 0.3) is 0 Å². The molecule has 4 rings (SSSR count). The van der Waals surface area contributed by atoms with Gasteiger partial charge in [0.15, 0.2) is 5.78 Å². The Kier molecular flexibility index (Phi) is 2.39. The van der Waals surface area contributed by atoms with E-state index in [4.69, 9.17) is 4.74 Å². The molecule has 2 nitrogen and oxygen atoms in total. The van der Waals surface area contributed by atoms with Gasteiger partial charge in [0.25, 0.3) is 0 Å². The predicted octanol–water partition coefficient (Wildman–Crippen LogP) is 2.19. The van der Waals surface area contributed by atoms with Gasteiger partial charge in [0.2, 0.25) is 0 Å². The van der Waals surface area contributed by atoms with Crippen LogP contribution in [0.15, 0.2) is 12.2 Å². The van der Waals surface area contributed by atoms with E-state index in [9.17, 15) is 4.79 Å². The maximum absolute atomic E-state index is 11.5. The first-order chi connectivity index (χ1) is 7.33. The number of Topliss-reactive ketones (excluding diaryl/α,β-unsaturated/α-hetero) is 1. The highest BCUT2D eigenvalue weighted by molar-refractivity contribution is 5.83. The molecule has 1 aliphatic heterocycles. The van der Waals surface area contributed by atoms with Crippen molar-refractivity contribution in [2.45, 2.75) is 25.7 Å². The lowest BCUT2D eigenvalue weighted by Gasteiger charge is -2.38. The van der Waals surface area contributed by atoms with E-state index in [1.807, 2.05) is 0 Å². The number of hydrogen-bond acceptors (Lipinski definition) is 2. The minimum Gasteiger partial charge on any atom is -0.373 e. The third-order valence-electron chi connectivity index (χ3n) is 4.32. The van der Waals surface area contributed by atoms with E-state index in [-0.39, 0.29) is 5.92 Å². The van der Waals surface area contributed by atoms with Crippen molar-refractivity contribution in [1.29, 1.82) is 0 Å². The first kappa shape index (κ1) is 9.59. The third-order valence-corrected chi connectivity index (χ3v) is 4.32. The van der Waals surface area contributed by atoms with Crippen LogP contribution in [0, 0.1) is 23.7 Å². The van der Waals surface area contributed by atoms with Crippen molar-refractivity contribution in [2.75, 3.05) is 13.2 Å². The molecule has 1 heterocycles. The van der Waals surface area contributed by atoms with Crippen molar-refractivity contribution in [3.8, 4) is 0 Å². The van der Waals surface area contributed by atoms with Crippen LogP contribution >= 0.6 is 0 Å². The summed E-state index contributed by atoms with van der Waals surface area (Å²) in [5, 5.41) is 0. The van der Waals surface area contributed by atoms with E-state index in [1.54, 1.807) is 0 Å². The van der Waals surface area contributed by atoms with Crippen LogP contribution in [-0.2, 0) is 9.53 Å². The summed E-state index contributed by atoms with van der Waals surface area (Å²) in [5.41, 5.74) is 0. The molecule has 2 fully saturated rings. The zero-order valence-electron chi connectivity index (χ0n) is 9.02. The molecule has 4 unspecified atom stereocenters. The van der Waals surface area contributed by atoms with Gasteiger partial charge in [-0.15, -0.1) is 0 Å². The highest BCUT2D eigenvalue weighted by Gasteiger charge is 2.36. The summed E-state index contributed by atoms with van der Waals surface area (Å²) in [5.74, 6) is 2.85. The van der Waals surface area contributed by atoms with Crippen LogP contribution in [0.4, 0.5) is 0 Å². The van der Waals surface area contributed by atoms with Crippen molar-refractivity contribution >= 4 is 5.78 Å². The Hall–Kier alpha value is -0.630. The standard InChI is InChI=1S/C13H18O2/c14-13-8-15-7-12(13)6-11-5-9-1-3-10(11)4-2-9/h1,3,9-12H,2,4-8H2. The molecule has 2 bridgehead atoms. The van der Waals surface area contributed by atoms with Crippen LogP contribution in [0.2, 0.25) is 0 Å². The molecule has 0 radical (unpaired) electrons. The third kappa shape index (κ3) is 1.76. The van der Waals surface area contributed by atoms with E-state index in [1.165, 1.54) is 19.3 Å². The van der Waals surface area contributed by atoms with E-state index in [0.29, 0.717) is 19.0 Å². The normalized spacial score (nSPS) is 43.9. The summed E-state index contributed by atoms with van der Waals surface area (Å²) in [6, 6.07) is 0. The first-order valence-corrected chi connectivity index (χ1v) is 6.11. The summed E-state index contributed by atoms with van der Waals surface area (Å²) in [6.07, 6.45) is 9.87. The highest BCUT2D eigenvalue weighted by Crippen LogP contribution is 2.43. The number of hydrogen-bond donors (Lipinski definition) is 0. The van der Waals surface area contributed by atoms with Gasteiger partial charge in [-0.05, 0) is 43.4 Å². The van der Waals surface area contributed by atoms with Crippen molar-refractivity contribution in [3.05, 3.63) is 12.2 Å². The van der Waals surface area contributed by atoms with Gasteiger partial charge in [0.05, 0.1) is 6.61 Å². The molecule has 82 valence electrons. The van der Waals surface area contributed by atoms with Gasteiger partial charge in [-0.25, -0.2) is 0 Å². The average molecular weight is 206 g/mol. The number of carbonyl (C=O) groups excluding carboxylic acids is 1. The Morgan fingerprint density at radius 2 is 2.27 bits per heavy atom. The number of allylic oxidation sites excluding steroid dienone is 2. The average Bonchev–Trinajstić information content (AvgIpc) is 2.66. The molecule has 0 aromatic carbocycles. The zero-order valence-corrected chi connectivity index (χ0v) is 9.02. The second-order valence-corrected chi connectivity index (χ2v) is 5.30. The number of ketones is 1. The van der Waals surface area contributed by atoms with Gasteiger partial charge in [0, 0.05) is 5.92 Å². The number of ether oxygens (including phenoxy) is 1. The number of rotatable bonds is 2. The van der Waals surface area contributed by atoms with Crippen LogP contribution in [0.1, 0.15) is 25.7 Å². The topological polar surface area (TPSA) is 26.3 Å². The Bertz CT molecular complexity index is 295. The van der Waals surface area contributed by atoms with Crippen molar-refractivity contribution in [1.82, 2.24) is 0 Å². The fraction of sp³-hybridized carbons (Fsp3) is 0.769. The van der Waals surface area contributed by atoms with E-state index in [2.05, 4.69) is 12.2 Å². The highest BCUT2D eigenvalue weighted by atomic mass is 16.5. The summed E-state index contributed by atoms with van der Waals surface area (Å²) < 4.78 is 5.22. The minimum atomic E-state index is 0.211. The van der Waals surface area contributed by atoms with Crippen molar-refractivity contribution in [2.24, 2.45) is 23.7 Å².